The molecule has 1 saturated heterocycles. The average molecular weight is 366 g/mol. The summed E-state index contributed by atoms with van der Waals surface area (Å²) in [6.07, 6.45) is 0.294. The van der Waals surface area contributed by atoms with Crippen LogP contribution in [0.1, 0.15) is 21.8 Å². The zero-order valence-electron chi connectivity index (χ0n) is 14.2. The van der Waals surface area contributed by atoms with Crippen molar-refractivity contribution in [1.82, 2.24) is 15.5 Å². The number of para-hydroxylation sites is 1. The number of H-pyrrole nitrogens is 1. The Balaban J connectivity index is 1.43. The van der Waals surface area contributed by atoms with Crippen LogP contribution in [-0.4, -0.2) is 34.6 Å². The fourth-order valence-electron chi connectivity index (χ4n) is 3.06. The minimum Gasteiger partial charge on any atom is -0.346 e. The zero-order valence-corrected chi connectivity index (χ0v) is 15.0. The Morgan fingerprint density at radius 3 is 2.81 bits per heavy atom. The van der Waals surface area contributed by atoms with Crippen LogP contribution in [0.5, 0.6) is 0 Å². The summed E-state index contributed by atoms with van der Waals surface area (Å²) in [6.45, 7) is 2.50. The van der Waals surface area contributed by atoms with Crippen molar-refractivity contribution >= 4 is 28.8 Å². The smallest absolute Gasteiger partial charge is 0.272 e. The van der Waals surface area contributed by atoms with E-state index < -0.39 is 0 Å². The van der Waals surface area contributed by atoms with Gasteiger partial charge in [0.15, 0.2) is 5.69 Å². The predicted octanol–water partition coefficient (Wildman–Crippen LogP) is 2.98. The summed E-state index contributed by atoms with van der Waals surface area (Å²) in [4.78, 5) is 28.7. The molecule has 3 heterocycles. The van der Waals surface area contributed by atoms with E-state index >= 15 is 0 Å². The third-order valence-corrected chi connectivity index (χ3v) is 5.38. The number of anilines is 1. The van der Waals surface area contributed by atoms with Gasteiger partial charge in [-0.2, -0.15) is 5.10 Å². The van der Waals surface area contributed by atoms with Crippen molar-refractivity contribution in [3.05, 3.63) is 59.1 Å². The van der Waals surface area contributed by atoms with Gasteiger partial charge in [-0.25, -0.2) is 0 Å². The molecule has 1 aliphatic heterocycles. The van der Waals surface area contributed by atoms with Gasteiger partial charge in [-0.1, -0.05) is 18.2 Å². The number of aromatic amines is 1. The topological polar surface area (TPSA) is 78.1 Å². The maximum atomic E-state index is 12.5. The lowest BCUT2D eigenvalue weighted by molar-refractivity contribution is -0.117. The molecular formula is C19H18N4O2S. The first-order chi connectivity index (χ1) is 12.6. The molecule has 0 aliphatic carbocycles. The number of carbonyl (C=O) groups excluding carboxylic acids is 2. The summed E-state index contributed by atoms with van der Waals surface area (Å²) >= 11 is 1.64. The van der Waals surface area contributed by atoms with Gasteiger partial charge in [-0.15, -0.1) is 11.3 Å². The lowest BCUT2D eigenvalue weighted by atomic mass is 10.2. The molecule has 1 aliphatic rings. The lowest BCUT2D eigenvalue weighted by Gasteiger charge is -2.16. The van der Waals surface area contributed by atoms with Crippen molar-refractivity contribution in [2.45, 2.75) is 19.4 Å². The SMILES string of the molecule is Cc1ccc(-c2cc(C(=O)N[C@@H]3CC(=O)N(c4ccccc4)C3)n[nH]2)s1. The first kappa shape index (κ1) is 16.5. The molecule has 0 spiro atoms. The molecule has 1 aromatic carbocycles. The average Bonchev–Trinajstić information content (AvgIpc) is 3.35. The molecule has 26 heavy (non-hydrogen) atoms. The number of aryl methyl sites for hydroxylation is 1. The largest absolute Gasteiger partial charge is 0.346 e. The molecule has 1 fully saturated rings. The molecule has 0 saturated carbocycles. The second kappa shape index (κ2) is 6.76. The molecule has 0 bridgehead atoms. The van der Waals surface area contributed by atoms with Crippen molar-refractivity contribution in [3.63, 3.8) is 0 Å². The van der Waals surface area contributed by atoms with Crippen LogP contribution in [0.2, 0.25) is 0 Å². The van der Waals surface area contributed by atoms with E-state index in [1.54, 1.807) is 22.3 Å². The Labute approximate surface area is 154 Å². The van der Waals surface area contributed by atoms with Gasteiger partial charge in [0.1, 0.15) is 0 Å². The van der Waals surface area contributed by atoms with Gasteiger partial charge in [0.25, 0.3) is 5.91 Å². The highest BCUT2D eigenvalue weighted by Gasteiger charge is 2.32. The molecule has 2 N–H and O–H groups in total. The molecule has 2 amide bonds. The van der Waals surface area contributed by atoms with Crippen molar-refractivity contribution in [2.24, 2.45) is 0 Å². The third kappa shape index (κ3) is 3.25. The maximum Gasteiger partial charge on any atom is 0.272 e. The Morgan fingerprint density at radius 2 is 2.08 bits per heavy atom. The molecule has 0 unspecified atom stereocenters. The van der Waals surface area contributed by atoms with Crippen molar-refractivity contribution in [1.29, 1.82) is 0 Å². The fraction of sp³-hybridized carbons (Fsp3) is 0.211. The number of rotatable bonds is 4. The van der Waals surface area contributed by atoms with E-state index in [2.05, 4.69) is 15.5 Å². The van der Waals surface area contributed by atoms with E-state index in [-0.39, 0.29) is 17.9 Å². The standard InChI is InChI=1S/C19H18N4O2S/c1-12-7-8-17(26-12)15-10-16(22-21-15)19(25)20-13-9-18(24)23(11-13)14-5-3-2-4-6-14/h2-8,10,13H,9,11H2,1H3,(H,20,25)(H,21,22)/t13-/m1/s1. The van der Waals surface area contributed by atoms with Gasteiger partial charge in [0.05, 0.1) is 16.6 Å². The highest BCUT2D eigenvalue weighted by atomic mass is 32.1. The molecule has 4 rings (SSSR count). The lowest BCUT2D eigenvalue weighted by Crippen LogP contribution is -2.37. The van der Waals surface area contributed by atoms with Crippen LogP contribution in [0.4, 0.5) is 5.69 Å². The minimum atomic E-state index is -0.270. The normalized spacial score (nSPS) is 16.9. The number of hydrogen-bond donors (Lipinski definition) is 2. The van der Waals surface area contributed by atoms with E-state index in [9.17, 15) is 9.59 Å². The quantitative estimate of drug-likeness (QED) is 0.745. The Bertz CT molecular complexity index is 947. The number of amides is 2. The molecule has 0 radical (unpaired) electrons. The fourth-order valence-corrected chi connectivity index (χ4v) is 3.90. The number of aromatic nitrogens is 2. The summed E-state index contributed by atoms with van der Waals surface area (Å²) in [5, 5.41) is 9.93. The Kier molecular flexibility index (Phi) is 4.30. The number of carbonyl (C=O) groups is 2. The summed E-state index contributed by atoms with van der Waals surface area (Å²) in [5.41, 5.74) is 2.00. The second-order valence-corrected chi connectivity index (χ2v) is 7.58. The number of thiophene rings is 1. The molecule has 6 nitrogen and oxygen atoms in total. The van der Waals surface area contributed by atoms with Gasteiger partial charge in [-0.3, -0.25) is 14.7 Å². The molecule has 2 aromatic heterocycles. The molecule has 3 aromatic rings. The monoisotopic (exact) mass is 366 g/mol. The number of hydrogen-bond acceptors (Lipinski definition) is 4. The van der Waals surface area contributed by atoms with Crippen LogP contribution in [0.15, 0.2) is 48.5 Å². The predicted molar refractivity (Wildman–Crippen MR) is 101 cm³/mol. The van der Waals surface area contributed by atoms with Gasteiger partial charge < -0.3 is 10.2 Å². The first-order valence-corrected chi connectivity index (χ1v) is 9.20. The van der Waals surface area contributed by atoms with Crippen LogP contribution in [0.3, 0.4) is 0 Å². The number of nitrogens with one attached hydrogen (secondary N) is 2. The summed E-state index contributed by atoms with van der Waals surface area (Å²) in [7, 11) is 0. The maximum absolute atomic E-state index is 12.5. The van der Waals surface area contributed by atoms with Crippen LogP contribution in [0, 0.1) is 6.92 Å². The highest BCUT2D eigenvalue weighted by Crippen LogP contribution is 2.26. The van der Waals surface area contributed by atoms with Crippen LogP contribution in [0.25, 0.3) is 10.6 Å². The molecule has 132 valence electrons. The first-order valence-electron chi connectivity index (χ1n) is 8.38. The van der Waals surface area contributed by atoms with Crippen LogP contribution in [-0.2, 0) is 4.79 Å². The van der Waals surface area contributed by atoms with Crippen molar-refractivity contribution in [3.8, 4) is 10.6 Å². The van der Waals surface area contributed by atoms with Gasteiger partial charge in [-0.05, 0) is 37.3 Å². The molecule has 1 atom stereocenters. The van der Waals surface area contributed by atoms with Gasteiger partial charge in [0, 0.05) is 23.5 Å². The van der Waals surface area contributed by atoms with Gasteiger partial charge >= 0.3 is 0 Å². The van der Waals surface area contributed by atoms with E-state index in [1.807, 2.05) is 49.4 Å². The number of benzene rings is 1. The molecule has 7 heteroatoms. The van der Waals surface area contributed by atoms with E-state index in [4.69, 9.17) is 0 Å². The van der Waals surface area contributed by atoms with E-state index in [0.717, 1.165) is 16.3 Å². The zero-order chi connectivity index (χ0) is 18.1. The summed E-state index contributed by atoms with van der Waals surface area (Å²) < 4.78 is 0. The van der Waals surface area contributed by atoms with E-state index in [1.165, 1.54) is 4.88 Å². The van der Waals surface area contributed by atoms with Crippen LogP contribution >= 0.6 is 11.3 Å². The van der Waals surface area contributed by atoms with Crippen molar-refractivity contribution in [2.75, 3.05) is 11.4 Å². The molecular weight excluding hydrogens is 348 g/mol. The van der Waals surface area contributed by atoms with Gasteiger partial charge in [0.2, 0.25) is 5.91 Å². The number of nitrogens with zero attached hydrogens (tertiary/aromatic N) is 2. The highest BCUT2D eigenvalue weighted by molar-refractivity contribution is 7.15. The third-order valence-electron chi connectivity index (χ3n) is 4.34. The Hall–Kier alpha value is -2.93. The summed E-state index contributed by atoms with van der Waals surface area (Å²) in [5.74, 6) is -0.258. The van der Waals surface area contributed by atoms with E-state index in [0.29, 0.717) is 18.7 Å². The minimum absolute atomic E-state index is 0.0123. The second-order valence-electron chi connectivity index (χ2n) is 6.29. The van der Waals surface area contributed by atoms with Crippen LogP contribution < -0.4 is 10.2 Å². The van der Waals surface area contributed by atoms with Crippen molar-refractivity contribution < 1.29 is 9.59 Å². The summed E-state index contributed by atoms with van der Waals surface area (Å²) in [6, 6.07) is 15.0. The Morgan fingerprint density at radius 1 is 1.27 bits per heavy atom.